The molecule has 1 unspecified atom stereocenters. The maximum absolute atomic E-state index is 12.3. The Labute approximate surface area is 133 Å². The van der Waals surface area contributed by atoms with E-state index in [1.54, 1.807) is 24.3 Å². The lowest BCUT2D eigenvalue weighted by Crippen LogP contribution is -2.43. The largest absolute Gasteiger partial charge is 0.425 e. The zero-order valence-corrected chi connectivity index (χ0v) is 13.6. The van der Waals surface area contributed by atoms with Gasteiger partial charge in [-0.1, -0.05) is 35.5 Å². The number of nitrogens with zero attached hydrogens (tertiary/aromatic N) is 1. The number of carbonyl (C=O) groups is 2. The molecule has 2 rings (SSSR count). The summed E-state index contributed by atoms with van der Waals surface area (Å²) >= 11 is 7.34. The van der Waals surface area contributed by atoms with Gasteiger partial charge < -0.3 is 10.1 Å². The molecule has 0 aliphatic carbocycles. The van der Waals surface area contributed by atoms with Crippen molar-refractivity contribution in [3.05, 3.63) is 29.3 Å². The Kier molecular flexibility index (Phi) is 4.68. The number of alkyl carbamates (subject to hydrolysis) is 1. The number of rotatable bonds is 2. The van der Waals surface area contributed by atoms with Gasteiger partial charge in [0.05, 0.1) is 16.6 Å². The molecule has 0 saturated carbocycles. The number of halogens is 1. The highest BCUT2D eigenvalue weighted by Gasteiger charge is 2.37. The lowest BCUT2D eigenvalue weighted by atomic mass is 10.1. The number of thioether (sulfide) groups is 1. The molecule has 1 heterocycles. The zero-order valence-electron chi connectivity index (χ0n) is 12.1. The monoisotopic (exact) mass is 328 g/mol. The summed E-state index contributed by atoms with van der Waals surface area (Å²) in [4.78, 5) is 25.5. The molecule has 1 atom stereocenters. The van der Waals surface area contributed by atoms with Gasteiger partial charge in [0.1, 0.15) is 0 Å². The van der Waals surface area contributed by atoms with Crippen LogP contribution in [0.15, 0.2) is 24.3 Å². The lowest BCUT2D eigenvalue weighted by molar-refractivity contribution is -0.122. The van der Waals surface area contributed by atoms with Gasteiger partial charge in [-0.2, -0.15) is 0 Å². The van der Waals surface area contributed by atoms with E-state index in [0.29, 0.717) is 16.6 Å². The van der Waals surface area contributed by atoms with Gasteiger partial charge in [0.2, 0.25) is 5.44 Å². The van der Waals surface area contributed by atoms with Crippen LogP contribution >= 0.6 is 23.4 Å². The summed E-state index contributed by atoms with van der Waals surface area (Å²) in [6.45, 7) is 5.52. The van der Waals surface area contributed by atoms with E-state index in [0.717, 1.165) is 0 Å². The second-order valence-corrected chi connectivity index (χ2v) is 7.05. The van der Waals surface area contributed by atoms with Crippen molar-refractivity contribution in [1.82, 2.24) is 5.32 Å². The Morgan fingerprint density at radius 2 is 2.10 bits per heavy atom. The quantitative estimate of drug-likeness (QED) is 0.905. The van der Waals surface area contributed by atoms with E-state index in [4.69, 9.17) is 16.3 Å². The first-order valence-electron chi connectivity index (χ1n) is 6.44. The number of amides is 2. The van der Waals surface area contributed by atoms with Gasteiger partial charge in [0.15, 0.2) is 0 Å². The number of anilines is 1. The standard InChI is InChI=1S/C14H17ClN2O3S/c1-14(2,3)16-13(19)20-12-11(18)17(8-21-12)10-7-5-4-6-9(10)15/h4-7,12H,8H2,1-3H3,(H,16,19). The van der Waals surface area contributed by atoms with Gasteiger partial charge >= 0.3 is 6.09 Å². The molecular formula is C14H17ClN2O3S. The molecule has 1 aliphatic heterocycles. The van der Waals surface area contributed by atoms with Crippen molar-refractivity contribution in [3.8, 4) is 0 Å². The predicted octanol–water partition coefficient (Wildman–Crippen LogP) is 3.23. The molecule has 0 radical (unpaired) electrons. The molecule has 114 valence electrons. The summed E-state index contributed by atoms with van der Waals surface area (Å²) in [7, 11) is 0. The minimum Gasteiger partial charge on any atom is -0.425 e. The average molecular weight is 329 g/mol. The molecule has 2 amide bonds. The van der Waals surface area contributed by atoms with Crippen LogP contribution in [0.25, 0.3) is 0 Å². The second kappa shape index (κ2) is 6.15. The average Bonchev–Trinajstić information content (AvgIpc) is 2.69. The first-order valence-corrected chi connectivity index (χ1v) is 7.87. The summed E-state index contributed by atoms with van der Waals surface area (Å²) < 4.78 is 5.17. The van der Waals surface area contributed by atoms with Crippen LogP contribution in [0, 0.1) is 0 Å². The van der Waals surface area contributed by atoms with Crippen molar-refractivity contribution in [2.45, 2.75) is 31.7 Å². The van der Waals surface area contributed by atoms with Crippen molar-refractivity contribution in [1.29, 1.82) is 0 Å². The Morgan fingerprint density at radius 3 is 2.71 bits per heavy atom. The molecular weight excluding hydrogens is 312 g/mol. The van der Waals surface area contributed by atoms with Gasteiger partial charge in [-0.05, 0) is 32.9 Å². The Hall–Kier alpha value is -1.40. The van der Waals surface area contributed by atoms with Gasteiger partial charge in [0, 0.05) is 5.54 Å². The third-order valence-corrected chi connectivity index (χ3v) is 3.98. The van der Waals surface area contributed by atoms with Crippen molar-refractivity contribution >= 4 is 41.1 Å². The smallest absolute Gasteiger partial charge is 0.409 e. The van der Waals surface area contributed by atoms with E-state index < -0.39 is 17.1 Å². The van der Waals surface area contributed by atoms with Crippen LogP contribution in [0.4, 0.5) is 10.5 Å². The van der Waals surface area contributed by atoms with E-state index in [9.17, 15) is 9.59 Å². The van der Waals surface area contributed by atoms with Crippen molar-refractivity contribution in [3.63, 3.8) is 0 Å². The van der Waals surface area contributed by atoms with E-state index in [1.165, 1.54) is 16.7 Å². The van der Waals surface area contributed by atoms with Crippen LogP contribution in [0.2, 0.25) is 5.02 Å². The molecule has 1 fully saturated rings. The zero-order chi connectivity index (χ0) is 15.6. The molecule has 1 aliphatic rings. The van der Waals surface area contributed by atoms with E-state index in [1.807, 2.05) is 20.8 Å². The third-order valence-electron chi connectivity index (χ3n) is 2.66. The van der Waals surface area contributed by atoms with Crippen LogP contribution in [0.1, 0.15) is 20.8 Å². The summed E-state index contributed by atoms with van der Waals surface area (Å²) in [6.07, 6.45) is -0.602. The van der Waals surface area contributed by atoms with Crippen LogP contribution in [0.5, 0.6) is 0 Å². The van der Waals surface area contributed by atoms with E-state index in [2.05, 4.69) is 5.32 Å². The molecule has 0 aromatic heterocycles. The van der Waals surface area contributed by atoms with Crippen LogP contribution in [0.3, 0.4) is 0 Å². The summed E-state index contributed by atoms with van der Waals surface area (Å²) in [6, 6.07) is 7.08. The normalized spacial score (nSPS) is 18.8. The summed E-state index contributed by atoms with van der Waals surface area (Å²) in [5, 5.41) is 3.15. The fourth-order valence-corrected chi connectivity index (χ4v) is 2.99. The minimum absolute atomic E-state index is 0.280. The molecule has 21 heavy (non-hydrogen) atoms. The van der Waals surface area contributed by atoms with Crippen LogP contribution in [-0.2, 0) is 9.53 Å². The first kappa shape index (κ1) is 16.0. The van der Waals surface area contributed by atoms with E-state index in [-0.39, 0.29) is 5.91 Å². The van der Waals surface area contributed by atoms with Gasteiger partial charge in [0.25, 0.3) is 5.91 Å². The van der Waals surface area contributed by atoms with Gasteiger partial charge in [-0.15, -0.1) is 0 Å². The number of ether oxygens (including phenoxy) is 1. The fraction of sp³-hybridized carbons (Fsp3) is 0.429. The number of benzene rings is 1. The highest BCUT2D eigenvalue weighted by Crippen LogP contribution is 2.34. The Morgan fingerprint density at radius 1 is 1.43 bits per heavy atom. The van der Waals surface area contributed by atoms with Crippen LogP contribution in [-0.4, -0.2) is 28.9 Å². The van der Waals surface area contributed by atoms with Crippen molar-refractivity contribution in [2.75, 3.05) is 10.8 Å². The molecule has 0 spiro atoms. The second-order valence-electron chi connectivity index (χ2n) is 5.63. The van der Waals surface area contributed by atoms with E-state index >= 15 is 0 Å². The molecule has 1 aromatic carbocycles. The number of carbonyl (C=O) groups excluding carboxylic acids is 2. The number of nitrogens with one attached hydrogen (secondary N) is 1. The maximum Gasteiger partial charge on any atom is 0.409 e. The molecule has 0 bridgehead atoms. The predicted molar refractivity (Wildman–Crippen MR) is 84.6 cm³/mol. The van der Waals surface area contributed by atoms with Crippen molar-refractivity contribution in [2.24, 2.45) is 0 Å². The van der Waals surface area contributed by atoms with Crippen molar-refractivity contribution < 1.29 is 14.3 Å². The third kappa shape index (κ3) is 4.04. The summed E-state index contributed by atoms with van der Waals surface area (Å²) in [5.41, 5.74) is -0.631. The molecule has 1 N–H and O–H groups in total. The van der Waals surface area contributed by atoms with Gasteiger partial charge in [-0.25, -0.2) is 4.79 Å². The van der Waals surface area contributed by atoms with Gasteiger partial charge in [-0.3, -0.25) is 9.69 Å². The Balaban J connectivity index is 2.02. The highest BCUT2D eigenvalue weighted by atomic mass is 35.5. The molecule has 5 nitrogen and oxygen atoms in total. The Bertz CT molecular complexity index is 559. The minimum atomic E-state index is -0.844. The lowest BCUT2D eigenvalue weighted by Gasteiger charge is -2.21. The highest BCUT2D eigenvalue weighted by molar-refractivity contribution is 8.01. The fourth-order valence-electron chi connectivity index (χ4n) is 1.78. The maximum atomic E-state index is 12.3. The molecule has 7 heteroatoms. The topological polar surface area (TPSA) is 58.6 Å². The van der Waals surface area contributed by atoms with Crippen LogP contribution < -0.4 is 10.2 Å². The SMILES string of the molecule is CC(C)(C)NC(=O)OC1SCN(c2ccccc2Cl)C1=O. The first-order chi connectivity index (χ1) is 9.78. The number of para-hydroxylation sites is 1. The summed E-state index contributed by atoms with van der Waals surface area (Å²) in [5.74, 6) is 0.118. The number of hydrogen-bond acceptors (Lipinski definition) is 4. The molecule has 1 saturated heterocycles. The number of hydrogen-bond donors (Lipinski definition) is 1. The molecule has 1 aromatic rings.